The zero-order valence-corrected chi connectivity index (χ0v) is 16.7. The van der Waals surface area contributed by atoms with Gasteiger partial charge in [-0.15, -0.1) is 11.6 Å². The van der Waals surface area contributed by atoms with Gasteiger partial charge in [-0.2, -0.15) is 0 Å². The predicted molar refractivity (Wildman–Crippen MR) is 101 cm³/mol. The summed E-state index contributed by atoms with van der Waals surface area (Å²) in [5, 5.41) is 10.1. The third kappa shape index (κ3) is 5.90. The first-order valence-corrected chi connectivity index (χ1v) is 10.9. The lowest BCUT2D eigenvalue weighted by atomic mass is 9.92. The van der Waals surface area contributed by atoms with E-state index in [9.17, 15) is 13.5 Å². The van der Waals surface area contributed by atoms with Crippen LogP contribution in [0.5, 0.6) is 0 Å². The van der Waals surface area contributed by atoms with Gasteiger partial charge in [-0.3, -0.25) is 0 Å². The van der Waals surface area contributed by atoms with Crippen LogP contribution in [0.2, 0.25) is 0 Å². The highest BCUT2D eigenvalue weighted by molar-refractivity contribution is 7.89. The highest BCUT2D eigenvalue weighted by atomic mass is 35.5. The van der Waals surface area contributed by atoms with Crippen LogP contribution in [0.25, 0.3) is 0 Å². The van der Waals surface area contributed by atoms with E-state index in [0.717, 1.165) is 6.42 Å². The predicted octanol–water partition coefficient (Wildman–Crippen LogP) is 2.50. The lowest BCUT2D eigenvalue weighted by Crippen LogP contribution is -2.49. The molecule has 0 aromatic heterocycles. The Labute approximate surface area is 160 Å². The summed E-state index contributed by atoms with van der Waals surface area (Å²) in [6.07, 6.45) is 0.152. The van der Waals surface area contributed by atoms with Crippen molar-refractivity contribution in [2.75, 3.05) is 13.2 Å². The number of nitrogens with one attached hydrogen (secondary N) is 1. The maximum Gasteiger partial charge on any atom is 0.240 e. The van der Waals surface area contributed by atoms with E-state index in [1.54, 1.807) is 18.2 Å². The van der Waals surface area contributed by atoms with Crippen LogP contribution in [0, 0.1) is 5.92 Å². The summed E-state index contributed by atoms with van der Waals surface area (Å²) in [6, 6.07) is 7.47. The molecule has 1 fully saturated rings. The van der Waals surface area contributed by atoms with Gasteiger partial charge in [0.25, 0.3) is 0 Å². The van der Waals surface area contributed by atoms with Crippen molar-refractivity contribution in [3.05, 3.63) is 30.3 Å². The Hall–Kier alpha value is -0.700. The van der Waals surface area contributed by atoms with Crippen LogP contribution >= 0.6 is 11.6 Å². The molecule has 0 saturated carbocycles. The molecule has 2 N–H and O–H groups in total. The molecule has 26 heavy (non-hydrogen) atoms. The Bertz CT molecular complexity index is 636. The van der Waals surface area contributed by atoms with Gasteiger partial charge in [0.2, 0.25) is 10.0 Å². The average Bonchev–Trinajstić information content (AvgIpc) is 2.66. The van der Waals surface area contributed by atoms with Crippen molar-refractivity contribution in [1.29, 1.82) is 0 Å². The minimum absolute atomic E-state index is 0.0689. The summed E-state index contributed by atoms with van der Waals surface area (Å²) in [4.78, 5) is 0.168. The smallest absolute Gasteiger partial charge is 0.240 e. The van der Waals surface area contributed by atoms with Crippen molar-refractivity contribution in [1.82, 2.24) is 4.72 Å². The minimum atomic E-state index is -3.74. The number of benzene rings is 1. The molecule has 148 valence electrons. The van der Waals surface area contributed by atoms with E-state index < -0.39 is 33.8 Å². The van der Waals surface area contributed by atoms with E-state index in [1.165, 1.54) is 12.1 Å². The molecule has 8 heteroatoms. The fourth-order valence-corrected chi connectivity index (χ4v) is 4.61. The van der Waals surface area contributed by atoms with Crippen molar-refractivity contribution in [3.63, 3.8) is 0 Å². The SMILES string of the molecule is CC[C@H](C)[C@H](NS(=O)(=O)c1ccccc1)[C@@H](O)CC(Cl)C1OCCCO1. The van der Waals surface area contributed by atoms with Crippen LogP contribution in [0.4, 0.5) is 0 Å². The van der Waals surface area contributed by atoms with Gasteiger partial charge < -0.3 is 14.6 Å². The van der Waals surface area contributed by atoms with Crippen LogP contribution in [-0.4, -0.2) is 50.6 Å². The van der Waals surface area contributed by atoms with E-state index in [2.05, 4.69) is 4.72 Å². The number of hydrogen-bond acceptors (Lipinski definition) is 5. The van der Waals surface area contributed by atoms with Crippen molar-refractivity contribution in [2.24, 2.45) is 5.92 Å². The zero-order chi connectivity index (χ0) is 19.2. The van der Waals surface area contributed by atoms with Gasteiger partial charge in [-0.25, -0.2) is 13.1 Å². The number of aliphatic hydroxyl groups is 1. The summed E-state index contributed by atoms with van der Waals surface area (Å²) in [5.74, 6) is -0.0689. The van der Waals surface area contributed by atoms with Gasteiger partial charge in [-0.1, -0.05) is 38.5 Å². The molecule has 4 atom stereocenters. The molecular formula is C18H28ClNO5S. The summed E-state index contributed by atoms with van der Waals surface area (Å²) in [6.45, 7) is 4.99. The highest BCUT2D eigenvalue weighted by Gasteiger charge is 2.33. The molecule has 1 heterocycles. The number of halogens is 1. The molecule has 6 nitrogen and oxygen atoms in total. The molecule has 0 aliphatic carbocycles. The number of hydrogen-bond donors (Lipinski definition) is 2. The third-order valence-electron chi connectivity index (χ3n) is 4.63. The minimum Gasteiger partial charge on any atom is -0.391 e. The number of aliphatic hydroxyl groups excluding tert-OH is 1. The molecule has 1 unspecified atom stereocenters. The van der Waals surface area contributed by atoms with Crippen molar-refractivity contribution in [2.45, 2.75) is 61.8 Å². The quantitative estimate of drug-likeness (QED) is 0.616. The van der Waals surface area contributed by atoms with Gasteiger partial charge in [0, 0.05) is 0 Å². The highest BCUT2D eigenvalue weighted by Crippen LogP contribution is 2.23. The van der Waals surface area contributed by atoms with Gasteiger partial charge in [0.1, 0.15) is 0 Å². The van der Waals surface area contributed by atoms with Crippen molar-refractivity contribution < 1.29 is 23.0 Å². The van der Waals surface area contributed by atoms with Gasteiger partial charge >= 0.3 is 0 Å². The van der Waals surface area contributed by atoms with Crippen molar-refractivity contribution in [3.8, 4) is 0 Å². The number of rotatable bonds is 9. The first kappa shape index (κ1) is 21.6. The molecule has 2 rings (SSSR count). The fourth-order valence-electron chi connectivity index (χ4n) is 2.88. The van der Waals surface area contributed by atoms with Crippen LogP contribution in [0.3, 0.4) is 0 Å². The molecule has 0 spiro atoms. The first-order chi connectivity index (χ1) is 12.3. The second-order valence-electron chi connectivity index (χ2n) is 6.63. The molecule has 1 aromatic carbocycles. The van der Waals surface area contributed by atoms with E-state index in [1.807, 2.05) is 13.8 Å². The monoisotopic (exact) mass is 405 g/mol. The number of ether oxygens (including phenoxy) is 2. The maximum atomic E-state index is 12.7. The third-order valence-corrected chi connectivity index (χ3v) is 6.49. The van der Waals surface area contributed by atoms with E-state index in [-0.39, 0.29) is 17.2 Å². The lowest BCUT2D eigenvalue weighted by Gasteiger charge is -2.32. The Balaban J connectivity index is 2.08. The fraction of sp³-hybridized carbons (Fsp3) is 0.667. The Morgan fingerprint density at radius 1 is 1.27 bits per heavy atom. The van der Waals surface area contributed by atoms with Crippen LogP contribution < -0.4 is 4.72 Å². The molecule has 1 saturated heterocycles. The van der Waals surface area contributed by atoms with Crippen LogP contribution in [0.1, 0.15) is 33.1 Å². The van der Waals surface area contributed by atoms with Crippen LogP contribution in [-0.2, 0) is 19.5 Å². The normalized spacial score (nSPS) is 21.1. The van der Waals surface area contributed by atoms with Gasteiger partial charge in [0.05, 0.1) is 35.6 Å². The molecule has 1 aliphatic rings. The zero-order valence-electron chi connectivity index (χ0n) is 15.2. The Kier molecular flexibility index (Phi) is 8.32. The lowest BCUT2D eigenvalue weighted by molar-refractivity contribution is -0.181. The Morgan fingerprint density at radius 3 is 2.46 bits per heavy atom. The number of sulfonamides is 1. The van der Waals surface area contributed by atoms with Gasteiger partial charge in [0.15, 0.2) is 6.29 Å². The summed E-state index contributed by atoms with van der Waals surface area (Å²) >= 11 is 6.35. The molecule has 0 bridgehead atoms. The second-order valence-corrected chi connectivity index (χ2v) is 8.90. The standard InChI is InChI=1S/C18H28ClNO5S/c1-3-13(2)17(20-26(22,23)14-8-5-4-6-9-14)16(21)12-15(19)18-24-10-7-11-25-18/h4-6,8-9,13,15-18,20-21H,3,7,10-12H2,1-2H3/t13-,15?,16-,17-/m0/s1. The van der Waals surface area contributed by atoms with E-state index >= 15 is 0 Å². The first-order valence-electron chi connectivity index (χ1n) is 8.98. The number of alkyl halides is 1. The van der Waals surface area contributed by atoms with E-state index in [4.69, 9.17) is 21.1 Å². The van der Waals surface area contributed by atoms with Gasteiger partial charge in [-0.05, 0) is 30.9 Å². The summed E-state index contributed by atoms with van der Waals surface area (Å²) in [5.41, 5.74) is 0. The maximum absolute atomic E-state index is 12.7. The largest absolute Gasteiger partial charge is 0.391 e. The van der Waals surface area contributed by atoms with Crippen LogP contribution in [0.15, 0.2) is 35.2 Å². The molecule has 0 radical (unpaired) electrons. The molecule has 1 aromatic rings. The summed E-state index contributed by atoms with van der Waals surface area (Å²) < 4.78 is 38.9. The molecule has 0 amide bonds. The molecule has 1 aliphatic heterocycles. The Morgan fingerprint density at radius 2 is 1.88 bits per heavy atom. The topological polar surface area (TPSA) is 84.9 Å². The van der Waals surface area contributed by atoms with E-state index in [0.29, 0.717) is 19.6 Å². The average molecular weight is 406 g/mol. The second kappa shape index (κ2) is 10.0. The summed E-state index contributed by atoms with van der Waals surface area (Å²) in [7, 11) is -3.74. The van der Waals surface area contributed by atoms with Crippen molar-refractivity contribution >= 4 is 21.6 Å². The molecular weight excluding hydrogens is 378 g/mol.